The Morgan fingerprint density at radius 3 is 2.78 bits per heavy atom. The fourth-order valence-electron chi connectivity index (χ4n) is 2.82. The van der Waals surface area contributed by atoms with Crippen molar-refractivity contribution < 1.29 is 0 Å². The molecule has 1 aliphatic heterocycles. The number of anilines is 1. The van der Waals surface area contributed by atoms with Crippen LogP contribution in [-0.2, 0) is 12.8 Å². The number of hydrogen-bond acceptors (Lipinski definition) is 4. The standard InChI is InChI=1S/C14H18N4/c15-6-7-17-8-10-18(11-9-17)14-5-4-12-2-1-3-13(12)16-14/h4-5H,1-3,7-11H2. The molecular weight excluding hydrogens is 224 g/mol. The number of fused-ring (bicyclic) bond motifs is 1. The topological polar surface area (TPSA) is 43.2 Å². The summed E-state index contributed by atoms with van der Waals surface area (Å²) in [5.74, 6) is 1.12. The van der Waals surface area contributed by atoms with Crippen molar-refractivity contribution >= 4 is 5.82 Å². The van der Waals surface area contributed by atoms with E-state index in [0.29, 0.717) is 6.54 Å². The molecule has 2 heterocycles. The van der Waals surface area contributed by atoms with Gasteiger partial charge in [0.2, 0.25) is 0 Å². The van der Waals surface area contributed by atoms with Gasteiger partial charge in [-0.05, 0) is 30.9 Å². The minimum absolute atomic E-state index is 0.547. The van der Waals surface area contributed by atoms with E-state index in [-0.39, 0.29) is 0 Å². The van der Waals surface area contributed by atoms with Gasteiger partial charge in [0.15, 0.2) is 0 Å². The normalized spacial score (nSPS) is 19.6. The maximum Gasteiger partial charge on any atom is 0.128 e. The summed E-state index contributed by atoms with van der Waals surface area (Å²) in [6, 6.07) is 6.62. The van der Waals surface area contributed by atoms with Crippen LogP contribution in [0.1, 0.15) is 17.7 Å². The Bertz CT molecular complexity index is 469. The van der Waals surface area contributed by atoms with Gasteiger partial charge in [0, 0.05) is 31.9 Å². The highest BCUT2D eigenvalue weighted by Gasteiger charge is 2.19. The van der Waals surface area contributed by atoms with Gasteiger partial charge >= 0.3 is 0 Å². The lowest BCUT2D eigenvalue weighted by molar-refractivity contribution is 0.286. The van der Waals surface area contributed by atoms with Crippen LogP contribution in [0.25, 0.3) is 0 Å². The maximum absolute atomic E-state index is 8.69. The molecule has 18 heavy (non-hydrogen) atoms. The molecule has 0 radical (unpaired) electrons. The van der Waals surface area contributed by atoms with Crippen LogP contribution < -0.4 is 4.90 Å². The number of aromatic nitrogens is 1. The first-order valence-electron chi connectivity index (χ1n) is 6.70. The fourth-order valence-corrected chi connectivity index (χ4v) is 2.82. The van der Waals surface area contributed by atoms with E-state index in [4.69, 9.17) is 10.2 Å². The second-order valence-electron chi connectivity index (χ2n) is 5.05. The van der Waals surface area contributed by atoms with E-state index < -0.39 is 0 Å². The third-order valence-corrected chi connectivity index (χ3v) is 3.90. The predicted octanol–water partition coefficient (Wildman–Crippen LogP) is 1.22. The Hall–Kier alpha value is -1.60. The van der Waals surface area contributed by atoms with Crippen LogP contribution in [0.2, 0.25) is 0 Å². The highest BCUT2D eigenvalue weighted by atomic mass is 15.3. The summed E-state index contributed by atoms with van der Waals surface area (Å²) in [6.45, 7) is 4.44. The molecule has 0 atom stereocenters. The molecule has 0 aromatic carbocycles. The molecular formula is C14H18N4. The quantitative estimate of drug-likeness (QED) is 0.731. The minimum atomic E-state index is 0.547. The molecule has 0 unspecified atom stereocenters. The van der Waals surface area contributed by atoms with Crippen LogP contribution in [0, 0.1) is 11.3 Å². The Balaban J connectivity index is 1.68. The molecule has 4 nitrogen and oxygen atoms in total. The Morgan fingerprint density at radius 2 is 2.00 bits per heavy atom. The van der Waals surface area contributed by atoms with Gasteiger partial charge in [-0.3, -0.25) is 4.90 Å². The van der Waals surface area contributed by atoms with Crippen molar-refractivity contribution in [2.24, 2.45) is 0 Å². The van der Waals surface area contributed by atoms with Crippen molar-refractivity contribution in [3.05, 3.63) is 23.4 Å². The minimum Gasteiger partial charge on any atom is -0.354 e. The molecule has 0 spiro atoms. The number of nitriles is 1. The molecule has 0 N–H and O–H groups in total. The van der Waals surface area contributed by atoms with Crippen LogP contribution >= 0.6 is 0 Å². The number of rotatable bonds is 2. The van der Waals surface area contributed by atoms with Crippen molar-refractivity contribution in [1.29, 1.82) is 5.26 Å². The summed E-state index contributed by atoms with van der Waals surface area (Å²) < 4.78 is 0. The van der Waals surface area contributed by atoms with Crippen LogP contribution in [-0.4, -0.2) is 42.6 Å². The summed E-state index contributed by atoms with van der Waals surface area (Å²) in [5.41, 5.74) is 2.73. The number of hydrogen-bond donors (Lipinski definition) is 0. The zero-order chi connectivity index (χ0) is 12.4. The van der Waals surface area contributed by atoms with E-state index in [1.807, 2.05) is 0 Å². The summed E-state index contributed by atoms with van der Waals surface area (Å²) in [6.07, 6.45) is 3.58. The first-order chi connectivity index (χ1) is 8.86. The second-order valence-corrected chi connectivity index (χ2v) is 5.05. The van der Waals surface area contributed by atoms with E-state index in [0.717, 1.165) is 38.4 Å². The molecule has 4 heteroatoms. The summed E-state index contributed by atoms with van der Waals surface area (Å²) in [4.78, 5) is 9.33. The largest absolute Gasteiger partial charge is 0.354 e. The van der Waals surface area contributed by atoms with Crippen molar-refractivity contribution in [1.82, 2.24) is 9.88 Å². The van der Waals surface area contributed by atoms with Gasteiger partial charge in [-0.2, -0.15) is 5.26 Å². The monoisotopic (exact) mass is 242 g/mol. The van der Waals surface area contributed by atoms with Crippen LogP contribution in [0.4, 0.5) is 5.82 Å². The molecule has 0 amide bonds. The highest BCUT2D eigenvalue weighted by molar-refractivity contribution is 5.43. The molecule has 1 aromatic heterocycles. The van der Waals surface area contributed by atoms with Gasteiger partial charge in [0.25, 0.3) is 0 Å². The van der Waals surface area contributed by atoms with E-state index >= 15 is 0 Å². The van der Waals surface area contributed by atoms with Gasteiger partial charge < -0.3 is 4.90 Å². The first-order valence-corrected chi connectivity index (χ1v) is 6.70. The smallest absolute Gasteiger partial charge is 0.128 e. The average Bonchev–Trinajstić information content (AvgIpc) is 2.87. The summed E-state index contributed by atoms with van der Waals surface area (Å²) in [5, 5.41) is 8.69. The third kappa shape index (κ3) is 2.19. The van der Waals surface area contributed by atoms with Crippen molar-refractivity contribution in [3.63, 3.8) is 0 Å². The first kappa shape index (κ1) is 11.5. The number of piperazine rings is 1. The lowest BCUT2D eigenvalue weighted by atomic mass is 10.2. The Kier molecular flexibility index (Phi) is 3.16. The van der Waals surface area contributed by atoms with E-state index in [9.17, 15) is 0 Å². The van der Waals surface area contributed by atoms with Gasteiger partial charge in [0.1, 0.15) is 5.82 Å². The summed E-state index contributed by atoms with van der Waals surface area (Å²) in [7, 11) is 0. The second kappa shape index (κ2) is 4.95. The van der Waals surface area contributed by atoms with Gasteiger partial charge in [-0.1, -0.05) is 6.07 Å². The molecule has 1 aliphatic carbocycles. The van der Waals surface area contributed by atoms with Crippen LogP contribution in [0.15, 0.2) is 12.1 Å². The number of nitrogens with zero attached hydrogens (tertiary/aromatic N) is 4. The maximum atomic E-state index is 8.69. The molecule has 1 saturated heterocycles. The SMILES string of the molecule is N#CCN1CCN(c2ccc3c(n2)CCC3)CC1. The molecule has 2 aliphatic rings. The van der Waals surface area contributed by atoms with Crippen molar-refractivity contribution in [2.75, 3.05) is 37.6 Å². The van der Waals surface area contributed by atoms with Crippen molar-refractivity contribution in [3.8, 4) is 6.07 Å². The van der Waals surface area contributed by atoms with Crippen LogP contribution in [0.5, 0.6) is 0 Å². The molecule has 94 valence electrons. The summed E-state index contributed by atoms with van der Waals surface area (Å²) >= 11 is 0. The molecule has 3 rings (SSSR count). The van der Waals surface area contributed by atoms with Crippen molar-refractivity contribution in [2.45, 2.75) is 19.3 Å². The molecule has 0 saturated carbocycles. The van der Waals surface area contributed by atoms with Gasteiger partial charge in [0.05, 0.1) is 12.6 Å². The lowest BCUT2D eigenvalue weighted by Crippen LogP contribution is -2.46. The molecule has 1 aromatic rings. The predicted molar refractivity (Wildman–Crippen MR) is 70.5 cm³/mol. The Morgan fingerprint density at radius 1 is 1.17 bits per heavy atom. The van der Waals surface area contributed by atoms with E-state index in [1.54, 1.807) is 0 Å². The van der Waals surface area contributed by atoms with Crippen LogP contribution in [0.3, 0.4) is 0 Å². The van der Waals surface area contributed by atoms with Gasteiger partial charge in [-0.25, -0.2) is 4.98 Å². The zero-order valence-electron chi connectivity index (χ0n) is 10.6. The molecule has 0 bridgehead atoms. The number of aryl methyl sites for hydroxylation is 2. The Labute approximate surface area is 108 Å². The average molecular weight is 242 g/mol. The lowest BCUT2D eigenvalue weighted by Gasteiger charge is -2.34. The van der Waals surface area contributed by atoms with Gasteiger partial charge in [-0.15, -0.1) is 0 Å². The van der Waals surface area contributed by atoms with E-state index in [1.165, 1.54) is 24.1 Å². The van der Waals surface area contributed by atoms with E-state index in [2.05, 4.69) is 28.0 Å². The fraction of sp³-hybridized carbons (Fsp3) is 0.571. The third-order valence-electron chi connectivity index (χ3n) is 3.90. The zero-order valence-corrected chi connectivity index (χ0v) is 10.6. The highest BCUT2D eigenvalue weighted by Crippen LogP contribution is 2.23. The number of pyridine rings is 1. The molecule has 1 fully saturated rings.